The lowest BCUT2D eigenvalue weighted by molar-refractivity contribution is -0.120. The topological polar surface area (TPSA) is 111 Å². The first-order valence-electron chi connectivity index (χ1n) is 11.7. The van der Waals surface area contributed by atoms with Gasteiger partial charge in [-0.15, -0.1) is 0 Å². The minimum absolute atomic E-state index is 0.105. The predicted octanol–water partition coefficient (Wildman–Crippen LogP) is 4.04. The third-order valence-electron chi connectivity index (χ3n) is 6.93. The highest BCUT2D eigenvalue weighted by atomic mass is 19.2. The number of aromatic nitrogens is 5. The number of nitrogen functional groups attached to an aromatic ring is 1. The number of nitrogens with zero attached hydrogens (tertiary/aromatic N) is 5. The van der Waals surface area contributed by atoms with Crippen molar-refractivity contribution in [2.24, 2.45) is 5.92 Å². The number of hydrogen-bond donors (Lipinski definition) is 2. The molecule has 1 aromatic carbocycles. The maximum absolute atomic E-state index is 14.2. The summed E-state index contributed by atoms with van der Waals surface area (Å²) < 4.78 is 29.8. The highest BCUT2D eigenvalue weighted by Gasteiger charge is 2.59. The zero-order chi connectivity index (χ0) is 24.3. The molecule has 6 rings (SSSR count). The summed E-state index contributed by atoms with van der Waals surface area (Å²) in [5.41, 5.74) is 8.07. The zero-order valence-electron chi connectivity index (χ0n) is 19.1. The lowest BCUT2D eigenvalue weighted by Crippen LogP contribution is -2.38. The third kappa shape index (κ3) is 3.19. The Morgan fingerprint density at radius 2 is 2.03 bits per heavy atom. The molecular formula is C25H23F2N7O. The molecule has 4 heterocycles. The fourth-order valence-electron chi connectivity index (χ4n) is 5.17. The van der Waals surface area contributed by atoms with Gasteiger partial charge in [0.15, 0.2) is 23.1 Å². The van der Waals surface area contributed by atoms with E-state index in [-0.39, 0.29) is 29.3 Å². The van der Waals surface area contributed by atoms with Crippen molar-refractivity contribution < 1.29 is 13.6 Å². The van der Waals surface area contributed by atoms with Gasteiger partial charge in [-0.3, -0.25) is 4.79 Å². The van der Waals surface area contributed by atoms with Gasteiger partial charge in [-0.25, -0.2) is 28.7 Å². The van der Waals surface area contributed by atoms with E-state index >= 15 is 0 Å². The fraction of sp³-hybridized carbons (Fsp3) is 0.320. The van der Waals surface area contributed by atoms with Gasteiger partial charge >= 0.3 is 0 Å². The highest BCUT2D eigenvalue weighted by Crippen LogP contribution is 2.57. The minimum atomic E-state index is -1.26. The van der Waals surface area contributed by atoms with E-state index < -0.39 is 17.0 Å². The number of imidazole rings is 1. The Bertz CT molecular complexity index is 1500. The number of rotatable bonds is 6. The molecule has 0 radical (unpaired) electrons. The maximum atomic E-state index is 14.2. The monoisotopic (exact) mass is 475 g/mol. The van der Waals surface area contributed by atoms with Gasteiger partial charge in [0, 0.05) is 18.6 Å². The molecule has 1 atom stereocenters. The SMILES string of the molecule is CCCCc1nc(-c2nc(N)c3c(n2)NC(=O)C3(c2ccc(F)c(F)c2)C2CC2)cn2ccnc12. The van der Waals surface area contributed by atoms with Crippen LogP contribution in [0, 0.1) is 17.6 Å². The van der Waals surface area contributed by atoms with Crippen molar-refractivity contribution in [1.29, 1.82) is 0 Å². The van der Waals surface area contributed by atoms with Crippen LogP contribution in [0.15, 0.2) is 36.8 Å². The Kier molecular flexibility index (Phi) is 4.80. The second kappa shape index (κ2) is 7.79. The van der Waals surface area contributed by atoms with Gasteiger partial charge in [-0.2, -0.15) is 0 Å². The van der Waals surface area contributed by atoms with Crippen molar-refractivity contribution in [2.75, 3.05) is 11.1 Å². The molecular weight excluding hydrogens is 452 g/mol. The van der Waals surface area contributed by atoms with Crippen LogP contribution >= 0.6 is 0 Å². The molecule has 0 saturated heterocycles. The van der Waals surface area contributed by atoms with Gasteiger partial charge in [0.05, 0.1) is 11.3 Å². The molecule has 35 heavy (non-hydrogen) atoms. The van der Waals surface area contributed by atoms with E-state index in [0.717, 1.165) is 55.6 Å². The molecule has 2 aliphatic rings. The molecule has 1 unspecified atom stereocenters. The van der Waals surface area contributed by atoms with E-state index in [0.29, 0.717) is 16.8 Å². The Morgan fingerprint density at radius 3 is 2.77 bits per heavy atom. The summed E-state index contributed by atoms with van der Waals surface area (Å²) in [6.45, 7) is 2.11. The smallest absolute Gasteiger partial charge is 0.241 e. The van der Waals surface area contributed by atoms with Gasteiger partial charge in [-0.1, -0.05) is 19.4 Å². The number of fused-ring (bicyclic) bond motifs is 2. The quantitative estimate of drug-likeness (QED) is 0.436. The lowest BCUT2D eigenvalue weighted by Gasteiger charge is -2.28. The Balaban J connectivity index is 1.51. The maximum Gasteiger partial charge on any atom is 0.241 e. The number of amides is 1. The standard InChI is InChI=1S/C25H23F2N7O/c1-2-3-4-17-23-29-9-10-34(23)12-18(30-17)21-31-20(28)19-22(32-21)33-24(35)25(19,13-5-6-13)14-7-8-15(26)16(27)11-14/h7-13H,2-6H2,1H3,(H3,28,31,32,33,35). The Morgan fingerprint density at radius 1 is 1.20 bits per heavy atom. The van der Waals surface area contributed by atoms with Crippen molar-refractivity contribution in [3.63, 3.8) is 0 Å². The van der Waals surface area contributed by atoms with E-state index in [2.05, 4.69) is 27.2 Å². The molecule has 1 aliphatic carbocycles. The zero-order valence-corrected chi connectivity index (χ0v) is 19.1. The molecule has 0 bridgehead atoms. The lowest BCUT2D eigenvalue weighted by atomic mass is 9.71. The Labute approximate surface area is 199 Å². The van der Waals surface area contributed by atoms with Crippen LogP contribution in [0.3, 0.4) is 0 Å². The molecule has 1 fully saturated rings. The van der Waals surface area contributed by atoms with Crippen molar-refractivity contribution in [3.05, 3.63) is 65.2 Å². The number of carbonyl (C=O) groups is 1. The number of carbonyl (C=O) groups excluding carboxylic acids is 1. The molecule has 1 saturated carbocycles. The van der Waals surface area contributed by atoms with Crippen molar-refractivity contribution >= 4 is 23.2 Å². The average Bonchev–Trinajstić information content (AvgIpc) is 3.49. The summed E-state index contributed by atoms with van der Waals surface area (Å²) in [4.78, 5) is 31.8. The van der Waals surface area contributed by atoms with E-state index in [1.807, 2.05) is 10.6 Å². The molecule has 1 aliphatic heterocycles. The molecule has 1 amide bonds. The average molecular weight is 476 g/mol. The van der Waals surface area contributed by atoms with Gasteiger partial charge in [0.1, 0.15) is 22.7 Å². The number of anilines is 2. The van der Waals surface area contributed by atoms with Crippen molar-refractivity contribution in [3.8, 4) is 11.5 Å². The van der Waals surface area contributed by atoms with E-state index in [1.54, 1.807) is 12.4 Å². The summed E-state index contributed by atoms with van der Waals surface area (Å²) in [5, 5.41) is 2.84. The van der Waals surface area contributed by atoms with Crippen LogP contribution in [-0.2, 0) is 16.6 Å². The predicted molar refractivity (Wildman–Crippen MR) is 126 cm³/mol. The van der Waals surface area contributed by atoms with Crippen LogP contribution < -0.4 is 11.1 Å². The number of benzene rings is 1. The number of hydrogen-bond acceptors (Lipinski definition) is 6. The molecule has 4 aromatic rings. The Hall–Kier alpha value is -3.95. The third-order valence-corrected chi connectivity index (χ3v) is 6.93. The van der Waals surface area contributed by atoms with Gasteiger partial charge < -0.3 is 15.5 Å². The fourth-order valence-corrected chi connectivity index (χ4v) is 5.17. The van der Waals surface area contributed by atoms with E-state index in [9.17, 15) is 13.6 Å². The van der Waals surface area contributed by atoms with Crippen molar-refractivity contribution in [2.45, 2.75) is 44.4 Å². The van der Waals surface area contributed by atoms with Crippen molar-refractivity contribution in [1.82, 2.24) is 24.3 Å². The molecule has 178 valence electrons. The summed E-state index contributed by atoms with van der Waals surface area (Å²) >= 11 is 0. The second-order valence-corrected chi connectivity index (χ2v) is 9.16. The first-order valence-corrected chi connectivity index (χ1v) is 11.7. The number of nitrogens with two attached hydrogens (primary N) is 1. The minimum Gasteiger partial charge on any atom is -0.383 e. The molecule has 8 nitrogen and oxygen atoms in total. The van der Waals surface area contributed by atoms with Gasteiger partial charge in [0.25, 0.3) is 0 Å². The number of nitrogens with one attached hydrogen (secondary N) is 1. The van der Waals surface area contributed by atoms with Gasteiger partial charge in [0.2, 0.25) is 5.91 Å². The summed E-state index contributed by atoms with van der Waals surface area (Å²) in [7, 11) is 0. The molecule has 10 heteroatoms. The largest absolute Gasteiger partial charge is 0.383 e. The first-order chi connectivity index (χ1) is 16.9. The second-order valence-electron chi connectivity index (χ2n) is 9.16. The van der Waals surface area contributed by atoms with E-state index in [4.69, 9.17) is 10.7 Å². The summed E-state index contributed by atoms with van der Waals surface area (Å²) in [6.07, 6.45) is 9.55. The van der Waals surface area contributed by atoms with Crippen LogP contribution in [0.5, 0.6) is 0 Å². The number of unbranched alkanes of at least 4 members (excludes halogenated alkanes) is 1. The number of aryl methyl sites for hydroxylation is 1. The highest BCUT2D eigenvalue weighted by molar-refractivity contribution is 6.10. The van der Waals surface area contributed by atoms with Crippen LogP contribution in [0.4, 0.5) is 20.4 Å². The molecule has 3 aromatic heterocycles. The molecule has 0 spiro atoms. The van der Waals surface area contributed by atoms with Crippen LogP contribution in [0.25, 0.3) is 17.2 Å². The first kappa shape index (κ1) is 21.6. The normalized spacial score (nSPS) is 19.2. The van der Waals surface area contributed by atoms with Crippen LogP contribution in [0.2, 0.25) is 0 Å². The van der Waals surface area contributed by atoms with Gasteiger partial charge in [-0.05, 0) is 49.3 Å². The summed E-state index contributed by atoms with van der Waals surface area (Å²) in [5.74, 6) is -1.80. The summed E-state index contributed by atoms with van der Waals surface area (Å²) in [6, 6.07) is 3.55. The van der Waals surface area contributed by atoms with Crippen LogP contribution in [0.1, 0.15) is 49.4 Å². The molecule has 3 N–H and O–H groups in total. The number of halogens is 2. The van der Waals surface area contributed by atoms with E-state index in [1.165, 1.54) is 6.07 Å². The van der Waals surface area contributed by atoms with Crippen LogP contribution in [-0.4, -0.2) is 30.2 Å².